The van der Waals surface area contributed by atoms with E-state index in [0.717, 1.165) is 18.7 Å². The van der Waals surface area contributed by atoms with E-state index in [9.17, 15) is 0 Å². The summed E-state index contributed by atoms with van der Waals surface area (Å²) in [5, 5.41) is 3.33. The number of aromatic nitrogens is 2. The van der Waals surface area contributed by atoms with Crippen molar-refractivity contribution in [2.24, 2.45) is 0 Å². The van der Waals surface area contributed by atoms with Crippen LogP contribution in [0.1, 0.15) is 40.5 Å². The molecule has 1 unspecified atom stereocenters. The Morgan fingerprint density at radius 2 is 2.06 bits per heavy atom. The van der Waals surface area contributed by atoms with Crippen molar-refractivity contribution in [2.45, 2.75) is 52.7 Å². The largest absolute Gasteiger partial charge is 0.475 e. The van der Waals surface area contributed by atoms with Gasteiger partial charge in [-0.3, -0.25) is 0 Å². The predicted octanol–water partition coefficient (Wildman–Crippen LogP) is 2.86. The first kappa shape index (κ1) is 12.7. The first-order chi connectivity index (χ1) is 7.61. The monoisotopic (exact) mass is 223 g/mol. The van der Waals surface area contributed by atoms with Crippen LogP contribution in [-0.4, -0.2) is 22.1 Å². The summed E-state index contributed by atoms with van der Waals surface area (Å²) in [6, 6.07) is 2.26. The van der Waals surface area contributed by atoms with Gasteiger partial charge in [-0.2, -0.15) is 0 Å². The second-order valence-corrected chi connectivity index (χ2v) is 4.24. The van der Waals surface area contributed by atoms with Gasteiger partial charge in [0, 0.05) is 12.1 Å². The smallest absolute Gasteiger partial charge is 0.218 e. The van der Waals surface area contributed by atoms with Crippen molar-refractivity contribution in [1.29, 1.82) is 0 Å². The van der Waals surface area contributed by atoms with E-state index in [1.165, 1.54) is 6.33 Å². The van der Waals surface area contributed by atoms with Crippen molar-refractivity contribution in [3.63, 3.8) is 0 Å². The van der Waals surface area contributed by atoms with E-state index in [2.05, 4.69) is 29.1 Å². The molecule has 0 radical (unpaired) electrons. The Kier molecular flexibility index (Phi) is 5.02. The minimum absolute atomic E-state index is 0.135. The van der Waals surface area contributed by atoms with Gasteiger partial charge in [0.1, 0.15) is 12.1 Å². The van der Waals surface area contributed by atoms with E-state index < -0.39 is 0 Å². The quantitative estimate of drug-likeness (QED) is 0.805. The highest BCUT2D eigenvalue weighted by Gasteiger charge is 2.04. The third-order valence-electron chi connectivity index (χ3n) is 2.11. The lowest BCUT2D eigenvalue weighted by Gasteiger charge is -2.14. The highest BCUT2D eigenvalue weighted by atomic mass is 16.5. The second kappa shape index (κ2) is 6.30. The number of rotatable bonds is 6. The fraction of sp³-hybridized carbons (Fsp3) is 0.667. The Hall–Kier alpha value is -1.32. The van der Waals surface area contributed by atoms with Crippen molar-refractivity contribution < 1.29 is 4.74 Å². The topological polar surface area (TPSA) is 47.0 Å². The molecule has 1 aromatic rings. The molecule has 0 aromatic carbocycles. The zero-order chi connectivity index (χ0) is 12.0. The third-order valence-corrected chi connectivity index (χ3v) is 2.11. The molecule has 1 atom stereocenters. The van der Waals surface area contributed by atoms with Crippen LogP contribution in [0, 0.1) is 0 Å². The molecule has 16 heavy (non-hydrogen) atoms. The predicted molar refractivity (Wildman–Crippen MR) is 65.8 cm³/mol. The van der Waals surface area contributed by atoms with Gasteiger partial charge in [-0.05, 0) is 27.2 Å². The fourth-order valence-electron chi connectivity index (χ4n) is 1.48. The Bertz CT molecular complexity index is 315. The van der Waals surface area contributed by atoms with Gasteiger partial charge < -0.3 is 10.1 Å². The van der Waals surface area contributed by atoms with Gasteiger partial charge in [0.15, 0.2) is 0 Å². The van der Waals surface area contributed by atoms with E-state index in [1.54, 1.807) is 0 Å². The molecule has 90 valence electrons. The highest BCUT2D eigenvalue weighted by Crippen LogP contribution is 2.14. The molecule has 0 spiro atoms. The molecule has 0 saturated heterocycles. The number of hydrogen-bond donors (Lipinski definition) is 1. The van der Waals surface area contributed by atoms with Gasteiger partial charge in [0.25, 0.3) is 0 Å². The van der Waals surface area contributed by atoms with E-state index in [0.29, 0.717) is 11.9 Å². The average molecular weight is 223 g/mol. The van der Waals surface area contributed by atoms with Crippen LogP contribution in [0.5, 0.6) is 5.88 Å². The molecular weight excluding hydrogens is 202 g/mol. The van der Waals surface area contributed by atoms with E-state index in [4.69, 9.17) is 4.74 Å². The first-order valence-electron chi connectivity index (χ1n) is 5.87. The van der Waals surface area contributed by atoms with Crippen LogP contribution in [0.2, 0.25) is 0 Å². The first-order valence-corrected chi connectivity index (χ1v) is 5.87. The molecule has 0 bridgehead atoms. The minimum atomic E-state index is 0.135. The highest BCUT2D eigenvalue weighted by molar-refractivity contribution is 5.37. The standard InChI is InChI=1S/C12H21N3O/c1-5-6-10(4)15-11-7-12(14-8-13-11)16-9(2)3/h7-10H,5-6H2,1-4H3,(H,13,14,15). The van der Waals surface area contributed by atoms with Crippen LogP contribution in [0.3, 0.4) is 0 Å². The fourth-order valence-corrected chi connectivity index (χ4v) is 1.48. The van der Waals surface area contributed by atoms with Crippen molar-refractivity contribution in [3.05, 3.63) is 12.4 Å². The zero-order valence-corrected chi connectivity index (χ0v) is 10.5. The number of nitrogens with one attached hydrogen (secondary N) is 1. The summed E-state index contributed by atoms with van der Waals surface area (Å²) in [5.74, 6) is 1.45. The van der Waals surface area contributed by atoms with E-state index in [1.807, 2.05) is 19.9 Å². The third kappa shape index (κ3) is 4.47. The summed E-state index contributed by atoms with van der Waals surface area (Å²) < 4.78 is 5.51. The van der Waals surface area contributed by atoms with Gasteiger partial charge in [0.05, 0.1) is 6.10 Å². The number of nitrogens with zero attached hydrogens (tertiary/aromatic N) is 2. The Morgan fingerprint density at radius 3 is 2.69 bits per heavy atom. The molecule has 0 aliphatic heterocycles. The Morgan fingerprint density at radius 1 is 1.31 bits per heavy atom. The molecule has 0 aliphatic carbocycles. The molecule has 0 amide bonds. The van der Waals surface area contributed by atoms with Gasteiger partial charge in [-0.25, -0.2) is 9.97 Å². The van der Waals surface area contributed by atoms with Gasteiger partial charge in [-0.1, -0.05) is 13.3 Å². The van der Waals surface area contributed by atoms with E-state index >= 15 is 0 Å². The maximum Gasteiger partial charge on any atom is 0.218 e. The molecule has 4 heteroatoms. The molecule has 1 N–H and O–H groups in total. The summed E-state index contributed by atoms with van der Waals surface area (Å²) in [6.07, 6.45) is 3.95. The Labute approximate surface area is 97.5 Å². The summed E-state index contributed by atoms with van der Waals surface area (Å²) in [7, 11) is 0. The average Bonchev–Trinajstić information content (AvgIpc) is 2.17. The van der Waals surface area contributed by atoms with Crippen molar-refractivity contribution >= 4 is 5.82 Å². The number of hydrogen-bond acceptors (Lipinski definition) is 4. The number of ether oxygens (including phenoxy) is 1. The number of anilines is 1. The maximum absolute atomic E-state index is 5.51. The molecule has 1 aromatic heterocycles. The van der Waals surface area contributed by atoms with Crippen molar-refractivity contribution in [2.75, 3.05) is 5.32 Å². The minimum Gasteiger partial charge on any atom is -0.475 e. The summed E-state index contributed by atoms with van der Waals surface area (Å²) in [4.78, 5) is 8.23. The SMILES string of the molecule is CCCC(C)Nc1cc(OC(C)C)ncn1. The van der Waals surface area contributed by atoms with Crippen LogP contribution in [0.15, 0.2) is 12.4 Å². The van der Waals surface area contributed by atoms with Crippen molar-refractivity contribution in [1.82, 2.24) is 9.97 Å². The van der Waals surface area contributed by atoms with Crippen LogP contribution >= 0.6 is 0 Å². The van der Waals surface area contributed by atoms with Crippen LogP contribution < -0.4 is 10.1 Å². The normalized spacial score (nSPS) is 12.6. The zero-order valence-electron chi connectivity index (χ0n) is 10.5. The molecule has 0 saturated carbocycles. The van der Waals surface area contributed by atoms with Gasteiger partial charge in [-0.15, -0.1) is 0 Å². The van der Waals surface area contributed by atoms with Crippen LogP contribution in [0.4, 0.5) is 5.82 Å². The summed E-state index contributed by atoms with van der Waals surface area (Å²) >= 11 is 0. The lowest BCUT2D eigenvalue weighted by atomic mass is 10.2. The molecule has 1 rings (SSSR count). The second-order valence-electron chi connectivity index (χ2n) is 4.24. The summed E-state index contributed by atoms with van der Waals surface area (Å²) in [5.41, 5.74) is 0. The van der Waals surface area contributed by atoms with Crippen molar-refractivity contribution in [3.8, 4) is 5.88 Å². The van der Waals surface area contributed by atoms with E-state index in [-0.39, 0.29) is 6.10 Å². The molecule has 0 fully saturated rings. The van der Waals surface area contributed by atoms with Gasteiger partial charge >= 0.3 is 0 Å². The molecular formula is C12H21N3O. The molecule has 1 heterocycles. The maximum atomic E-state index is 5.51. The van der Waals surface area contributed by atoms with Gasteiger partial charge in [0.2, 0.25) is 5.88 Å². The molecule has 4 nitrogen and oxygen atoms in total. The van der Waals surface area contributed by atoms with Crippen LogP contribution in [0.25, 0.3) is 0 Å². The van der Waals surface area contributed by atoms with Crippen LogP contribution in [-0.2, 0) is 0 Å². The molecule has 0 aliphatic rings. The Balaban J connectivity index is 2.59. The lowest BCUT2D eigenvalue weighted by Crippen LogP contribution is -2.16. The summed E-state index contributed by atoms with van der Waals surface area (Å²) in [6.45, 7) is 8.28. The lowest BCUT2D eigenvalue weighted by molar-refractivity contribution is 0.232.